The number of aliphatic imine (C=N–C) groups is 1. The molecule has 1 atom stereocenters. The van der Waals surface area contributed by atoms with Crippen molar-refractivity contribution in [1.29, 1.82) is 0 Å². The third-order valence-electron chi connectivity index (χ3n) is 3.62. The molecule has 0 amide bonds. The van der Waals surface area contributed by atoms with Crippen LogP contribution in [-0.4, -0.2) is 18.3 Å². The van der Waals surface area contributed by atoms with Crippen molar-refractivity contribution in [2.45, 2.75) is 19.4 Å². The van der Waals surface area contributed by atoms with Crippen LogP contribution in [0, 0.1) is 5.82 Å². The maximum Gasteiger partial charge on any atom is 0.132 e. The molecular formula is C17H17FN2. The molecule has 2 nitrogen and oxygen atoms in total. The van der Waals surface area contributed by atoms with Crippen LogP contribution in [0.2, 0.25) is 0 Å². The van der Waals surface area contributed by atoms with Crippen LogP contribution in [0.4, 0.5) is 10.1 Å². The van der Waals surface area contributed by atoms with Gasteiger partial charge in [-0.3, -0.25) is 4.99 Å². The number of halogens is 1. The molecule has 0 saturated carbocycles. The molecular weight excluding hydrogens is 251 g/mol. The monoisotopic (exact) mass is 268 g/mol. The summed E-state index contributed by atoms with van der Waals surface area (Å²) >= 11 is 0. The van der Waals surface area contributed by atoms with E-state index in [2.05, 4.69) is 12.2 Å². The first-order chi connectivity index (χ1) is 9.79. The summed E-state index contributed by atoms with van der Waals surface area (Å²) in [4.78, 5) is 4.78. The number of benzodiazepines with no additional fused rings is 1. The number of fused-ring (bicyclic) bond motifs is 1. The number of rotatable bonds is 2. The van der Waals surface area contributed by atoms with Crippen molar-refractivity contribution in [3.8, 4) is 0 Å². The molecule has 1 unspecified atom stereocenters. The third-order valence-corrected chi connectivity index (χ3v) is 3.62. The molecule has 0 aliphatic carbocycles. The van der Waals surface area contributed by atoms with Crippen molar-refractivity contribution in [1.82, 2.24) is 0 Å². The summed E-state index contributed by atoms with van der Waals surface area (Å²) in [5, 5.41) is 3.41. The number of hydrogen-bond acceptors (Lipinski definition) is 2. The zero-order valence-electron chi connectivity index (χ0n) is 11.4. The minimum atomic E-state index is -0.224. The van der Waals surface area contributed by atoms with Gasteiger partial charge in [-0.1, -0.05) is 37.3 Å². The lowest BCUT2D eigenvalue weighted by Gasteiger charge is -2.10. The van der Waals surface area contributed by atoms with Gasteiger partial charge in [0.25, 0.3) is 0 Å². The molecule has 20 heavy (non-hydrogen) atoms. The molecule has 3 heteroatoms. The molecule has 102 valence electrons. The smallest absolute Gasteiger partial charge is 0.132 e. The molecule has 1 heterocycles. The number of nitrogens with zero attached hydrogens (tertiary/aromatic N) is 1. The van der Waals surface area contributed by atoms with Crippen molar-refractivity contribution < 1.29 is 4.39 Å². The lowest BCUT2D eigenvalue weighted by atomic mass is 10.00. The molecule has 2 aromatic rings. The number of para-hydroxylation sites is 1. The SMILES string of the molecule is CCC1CNc2ccccc2C(c2ccccc2F)=N1. The summed E-state index contributed by atoms with van der Waals surface area (Å²) in [7, 11) is 0. The third kappa shape index (κ3) is 2.31. The van der Waals surface area contributed by atoms with E-state index in [-0.39, 0.29) is 11.9 Å². The highest BCUT2D eigenvalue weighted by atomic mass is 19.1. The second-order valence-corrected chi connectivity index (χ2v) is 4.95. The van der Waals surface area contributed by atoms with E-state index in [1.54, 1.807) is 12.1 Å². The largest absolute Gasteiger partial charge is 0.382 e. The summed E-state index contributed by atoms with van der Waals surface area (Å²) < 4.78 is 14.1. The van der Waals surface area contributed by atoms with E-state index >= 15 is 0 Å². The predicted octanol–water partition coefficient (Wildman–Crippen LogP) is 3.87. The topological polar surface area (TPSA) is 24.4 Å². The quantitative estimate of drug-likeness (QED) is 0.878. The van der Waals surface area contributed by atoms with E-state index in [1.165, 1.54) is 6.07 Å². The van der Waals surface area contributed by atoms with Crippen LogP contribution < -0.4 is 5.32 Å². The summed E-state index contributed by atoms with van der Waals surface area (Å²) in [5.74, 6) is -0.224. The maximum absolute atomic E-state index is 14.1. The average Bonchev–Trinajstić information content (AvgIpc) is 2.67. The Hall–Kier alpha value is -2.16. The van der Waals surface area contributed by atoms with Crippen molar-refractivity contribution in [3.63, 3.8) is 0 Å². The fourth-order valence-electron chi connectivity index (χ4n) is 2.47. The lowest BCUT2D eigenvalue weighted by molar-refractivity contribution is 0.624. The average molecular weight is 268 g/mol. The van der Waals surface area contributed by atoms with E-state index in [1.807, 2.05) is 30.3 Å². The molecule has 0 aromatic heterocycles. The highest BCUT2D eigenvalue weighted by molar-refractivity contribution is 6.16. The summed E-state index contributed by atoms with van der Waals surface area (Å²) in [6, 6.07) is 15.0. The number of benzene rings is 2. The van der Waals surface area contributed by atoms with Crippen molar-refractivity contribution >= 4 is 11.4 Å². The standard InChI is InChI=1S/C17H17FN2/c1-2-12-11-19-16-10-6-4-8-14(16)17(20-12)13-7-3-5-9-15(13)18/h3-10,12,19H,2,11H2,1H3. The van der Waals surface area contributed by atoms with Gasteiger partial charge in [0, 0.05) is 23.4 Å². The molecule has 0 fully saturated rings. The number of hydrogen-bond donors (Lipinski definition) is 1. The minimum absolute atomic E-state index is 0.164. The highest BCUT2D eigenvalue weighted by Gasteiger charge is 2.20. The van der Waals surface area contributed by atoms with E-state index in [0.717, 1.165) is 29.9 Å². The molecule has 1 aliphatic heterocycles. The van der Waals surface area contributed by atoms with Gasteiger partial charge < -0.3 is 5.32 Å². The summed E-state index contributed by atoms with van der Waals surface area (Å²) in [5.41, 5.74) is 3.30. The molecule has 0 saturated heterocycles. The Balaban J connectivity index is 2.19. The Morgan fingerprint density at radius 2 is 1.80 bits per heavy atom. The highest BCUT2D eigenvalue weighted by Crippen LogP contribution is 2.25. The van der Waals surface area contributed by atoms with Crippen LogP contribution in [0.15, 0.2) is 53.5 Å². The fraction of sp³-hybridized carbons (Fsp3) is 0.235. The van der Waals surface area contributed by atoms with E-state index in [9.17, 15) is 4.39 Å². The zero-order chi connectivity index (χ0) is 13.9. The van der Waals surface area contributed by atoms with Gasteiger partial charge in [0.05, 0.1) is 11.8 Å². The second kappa shape index (κ2) is 5.45. The van der Waals surface area contributed by atoms with Gasteiger partial charge in [0.15, 0.2) is 0 Å². The molecule has 0 spiro atoms. The Morgan fingerprint density at radius 3 is 2.55 bits per heavy atom. The van der Waals surface area contributed by atoms with Crippen LogP contribution in [0.5, 0.6) is 0 Å². The molecule has 0 radical (unpaired) electrons. The van der Waals surface area contributed by atoms with Crippen molar-refractivity contribution in [2.75, 3.05) is 11.9 Å². The minimum Gasteiger partial charge on any atom is -0.382 e. The Kier molecular flexibility index (Phi) is 3.50. The van der Waals surface area contributed by atoms with Crippen LogP contribution in [-0.2, 0) is 0 Å². The zero-order valence-corrected chi connectivity index (χ0v) is 11.4. The van der Waals surface area contributed by atoms with Gasteiger partial charge in [0.2, 0.25) is 0 Å². The molecule has 1 N–H and O–H groups in total. The van der Waals surface area contributed by atoms with Gasteiger partial charge in [-0.15, -0.1) is 0 Å². The maximum atomic E-state index is 14.1. The Bertz CT molecular complexity index is 649. The summed E-state index contributed by atoms with van der Waals surface area (Å²) in [6.07, 6.45) is 0.930. The molecule has 3 rings (SSSR count). The Morgan fingerprint density at radius 1 is 1.10 bits per heavy atom. The van der Waals surface area contributed by atoms with Crippen LogP contribution in [0.1, 0.15) is 24.5 Å². The van der Waals surface area contributed by atoms with E-state index in [0.29, 0.717) is 5.56 Å². The molecule has 0 bridgehead atoms. The molecule has 2 aromatic carbocycles. The summed E-state index contributed by atoms with van der Waals surface area (Å²) in [6.45, 7) is 2.89. The van der Waals surface area contributed by atoms with Gasteiger partial charge in [0.1, 0.15) is 5.82 Å². The number of anilines is 1. The van der Waals surface area contributed by atoms with E-state index in [4.69, 9.17) is 4.99 Å². The predicted molar refractivity (Wildman–Crippen MR) is 81.0 cm³/mol. The Labute approximate surface area is 118 Å². The van der Waals surface area contributed by atoms with Crippen LogP contribution in [0.3, 0.4) is 0 Å². The normalized spacial score (nSPS) is 17.7. The second-order valence-electron chi connectivity index (χ2n) is 4.95. The first-order valence-electron chi connectivity index (χ1n) is 6.95. The lowest BCUT2D eigenvalue weighted by Crippen LogP contribution is -2.16. The van der Waals surface area contributed by atoms with Gasteiger partial charge in [-0.05, 0) is 24.6 Å². The van der Waals surface area contributed by atoms with Gasteiger partial charge >= 0.3 is 0 Å². The van der Waals surface area contributed by atoms with E-state index < -0.39 is 0 Å². The first-order valence-corrected chi connectivity index (χ1v) is 6.95. The molecule has 1 aliphatic rings. The van der Waals surface area contributed by atoms with Gasteiger partial charge in [-0.2, -0.15) is 0 Å². The number of nitrogens with one attached hydrogen (secondary N) is 1. The fourth-order valence-corrected chi connectivity index (χ4v) is 2.47. The van der Waals surface area contributed by atoms with Crippen LogP contribution in [0.25, 0.3) is 0 Å². The first kappa shape index (κ1) is 12.9. The van der Waals surface area contributed by atoms with Crippen molar-refractivity contribution in [2.24, 2.45) is 4.99 Å². The van der Waals surface area contributed by atoms with Crippen molar-refractivity contribution in [3.05, 3.63) is 65.5 Å². The van der Waals surface area contributed by atoms with Gasteiger partial charge in [-0.25, -0.2) is 4.39 Å². The van der Waals surface area contributed by atoms with Crippen LogP contribution >= 0.6 is 0 Å².